The van der Waals surface area contributed by atoms with Crippen molar-refractivity contribution < 1.29 is 19.1 Å². The average Bonchev–Trinajstić information content (AvgIpc) is 3.58. The highest BCUT2D eigenvalue weighted by Gasteiger charge is 2.26. The zero-order valence-corrected chi connectivity index (χ0v) is 23.4. The maximum atomic E-state index is 13.0. The first-order chi connectivity index (χ1) is 17.9. The van der Waals surface area contributed by atoms with Gasteiger partial charge in [0.25, 0.3) is 0 Å². The summed E-state index contributed by atoms with van der Waals surface area (Å²) in [6, 6.07) is 7.93. The number of rotatable bonds is 13. The van der Waals surface area contributed by atoms with E-state index in [0.29, 0.717) is 18.6 Å². The van der Waals surface area contributed by atoms with Gasteiger partial charge in [-0.25, -0.2) is 9.78 Å². The van der Waals surface area contributed by atoms with E-state index in [2.05, 4.69) is 24.4 Å². The first kappa shape index (κ1) is 28.6. The molecule has 1 N–H and O–H groups in total. The van der Waals surface area contributed by atoms with Crippen LogP contribution >= 0.6 is 11.3 Å². The van der Waals surface area contributed by atoms with Crippen LogP contribution in [0, 0.1) is 5.92 Å². The summed E-state index contributed by atoms with van der Waals surface area (Å²) in [6.45, 7) is 8.70. The minimum Gasteiger partial charge on any atom is -0.494 e. The Morgan fingerprint density at radius 1 is 1.16 bits per heavy atom. The van der Waals surface area contributed by atoms with Crippen LogP contribution in [0.4, 0.5) is 0 Å². The quantitative estimate of drug-likeness (QED) is 0.135. The van der Waals surface area contributed by atoms with E-state index in [1.165, 1.54) is 0 Å². The second kappa shape index (κ2) is 14.7. The maximum absolute atomic E-state index is 13.0. The van der Waals surface area contributed by atoms with Crippen LogP contribution < -0.4 is 10.1 Å². The van der Waals surface area contributed by atoms with Crippen molar-refractivity contribution in [3.8, 4) is 5.75 Å². The Kier molecular flexibility index (Phi) is 11.4. The molecule has 1 saturated carbocycles. The number of nitrogens with one attached hydrogen (secondary N) is 1. The molecule has 1 atom stereocenters. The summed E-state index contributed by atoms with van der Waals surface area (Å²) in [5.74, 6) is 0.769. The molecule has 1 aromatic carbocycles. The van der Waals surface area contributed by atoms with Gasteiger partial charge in [-0.2, -0.15) is 0 Å². The lowest BCUT2D eigenvalue weighted by atomic mass is 10.0. The summed E-state index contributed by atoms with van der Waals surface area (Å²) < 4.78 is 10.9. The molecule has 1 aromatic heterocycles. The van der Waals surface area contributed by atoms with Gasteiger partial charge in [0.05, 0.1) is 24.9 Å². The van der Waals surface area contributed by atoms with Crippen molar-refractivity contribution in [2.24, 2.45) is 5.92 Å². The molecular weight excluding hydrogens is 484 g/mol. The molecule has 0 bridgehead atoms. The van der Waals surface area contributed by atoms with E-state index in [1.807, 2.05) is 30.5 Å². The molecule has 1 heterocycles. The molecule has 6 nitrogen and oxygen atoms in total. The average molecular weight is 525 g/mol. The molecule has 7 heteroatoms. The number of carbonyl (C=O) groups is 2. The van der Waals surface area contributed by atoms with Gasteiger partial charge in [-0.3, -0.25) is 4.79 Å². The highest BCUT2D eigenvalue weighted by atomic mass is 32.1. The summed E-state index contributed by atoms with van der Waals surface area (Å²) in [5, 5.41) is 6.16. The van der Waals surface area contributed by atoms with Crippen LogP contribution in [0.25, 0.3) is 6.08 Å². The van der Waals surface area contributed by atoms with Crippen LogP contribution in [-0.2, 0) is 20.7 Å². The smallest absolute Gasteiger partial charge is 0.333 e. The molecule has 200 valence electrons. The first-order valence-corrected chi connectivity index (χ1v) is 14.3. The number of aromatic nitrogens is 1. The molecule has 3 rings (SSSR count). The standard InChI is InChI=1S/C30H40N2O4S/c1-5-7-16-36-26-14-12-23(13-15-26)19-27(32-28(33)24-10-8-9-11-24)29-31-25(20-37-29)18-21(3)17-22(4)30(34)35-6-2/h12-15,17-18,20,24,27H,5-11,16,19H2,1-4H3,(H,32,33)/b21-18+,22-17-/t27-/m0/s1. The zero-order valence-electron chi connectivity index (χ0n) is 22.5. The molecular formula is C30H40N2O4S. The van der Waals surface area contributed by atoms with Crippen molar-refractivity contribution in [2.75, 3.05) is 13.2 Å². The molecule has 1 fully saturated rings. The van der Waals surface area contributed by atoms with Gasteiger partial charge in [0.1, 0.15) is 10.8 Å². The van der Waals surface area contributed by atoms with Crippen molar-refractivity contribution in [1.82, 2.24) is 10.3 Å². The molecule has 2 aromatic rings. The molecule has 37 heavy (non-hydrogen) atoms. The third kappa shape index (κ3) is 9.15. The second-order valence-electron chi connectivity index (χ2n) is 9.64. The number of unbranched alkanes of at least 4 members (excludes halogenated alkanes) is 1. The lowest BCUT2D eigenvalue weighted by molar-refractivity contribution is -0.138. The van der Waals surface area contributed by atoms with Crippen molar-refractivity contribution in [2.45, 2.75) is 78.7 Å². The molecule has 0 spiro atoms. The van der Waals surface area contributed by atoms with Gasteiger partial charge in [-0.1, -0.05) is 38.3 Å². The van der Waals surface area contributed by atoms with Crippen LogP contribution in [-0.4, -0.2) is 30.1 Å². The first-order valence-electron chi connectivity index (χ1n) is 13.4. The van der Waals surface area contributed by atoms with Crippen molar-refractivity contribution in [3.63, 3.8) is 0 Å². The minimum absolute atomic E-state index is 0.0920. The maximum Gasteiger partial charge on any atom is 0.333 e. The molecule has 0 saturated heterocycles. The van der Waals surface area contributed by atoms with E-state index in [0.717, 1.165) is 72.7 Å². The number of nitrogens with zero attached hydrogens (tertiary/aromatic N) is 1. The third-order valence-corrected chi connectivity index (χ3v) is 7.40. The van der Waals surface area contributed by atoms with Gasteiger partial charge in [0, 0.05) is 16.9 Å². The van der Waals surface area contributed by atoms with Gasteiger partial charge >= 0.3 is 5.97 Å². The lowest BCUT2D eigenvalue weighted by Gasteiger charge is -2.19. The number of hydrogen-bond acceptors (Lipinski definition) is 6. The number of thiazole rings is 1. The second-order valence-corrected chi connectivity index (χ2v) is 10.5. The number of hydrogen-bond donors (Lipinski definition) is 1. The van der Waals surface area contributed by atoms with Crippen molar-refractivity contribution in [1.29, 1.82) is 0 Å². The van der Waals surface area contributed by atoms with Gasteiger partial charge in [-0.15, -0.1) is 11.3 Å². The molecule has 1 aliphatic rings. The van der Waals surface area contributed by atoms with Crippen LogP contribution in [0.2, 0.25) is 0 Å². The summed E-state index contributed by atoms with van der Waals surface area (Å²) in [5.41, 5.74) is 3.39. The van der Waals surface area contributed by atoms with Crippen LogP contribution in [0.5, 0.6) is 5.75 Å². The van der Waals surface area contributed by atoms with E-state index in [4.69, 9.17) is 14.5 Å². The monoisotopic (exact) mass is 524 g/mol. The predicted octanol–water partition coefficient (Wildman–Crippen LogP) is 6.82. The van der Waals surface area contributed by atoms with Crippen molar-refractivity contribution in [3.05, 3.63) is 63.1 Å². The summed E-state index contributed by atoms with van der Waals surface area (Å²) in [7, 11) is 0. The van der Waals surface area contributed by atoms with Gasteiger partial charge in [0.15, 0.2) is 0 Å². The largest absolute Gasteiger partial charge is 0.494 e. The van der Waals surface area contributed by atoms with Crippen LogP contribution in [0.3, 0.4) is 0 Å². The fraction of sp³-hybridized carbons (Fsp3) is 0.500. The molecule has 1 amide bonds. The molecule has 1 aliphatic carbocycles. The SMILES string of the molecule is CCCCOc1ccc(C[C@H](NC(=O)C2CCCC2)c2nc(/C=C(C)/C=C(/C)C(=O)OCC)cs2)cc1. The zero-order chi connectivity index (χ0) is 26.6. The normalized spacial score (nSPS) is 15.5. The molecule has 0 aliphatic heterocycles. The number of carbonyl (C=O) groups excluding carboxylic acids is 2. The highest BCUT2D eigenvalue weighted by Crippen LogP contribution is 2.29. The Morgan fingerprint density at radius 3 is 2.57 bits per heavy atom. The van der Waals surface area contributed by atoms with Crippen molar-refractivity contribution >= 4 is 29.3 Å². The Labute approximate surface area is 225 Å². The van der Waals surface area contributed by atoms with Crippen LogP contribution in [0.1, 0.15) is 88.5 Å². The number of ether oxygens (including phenoxy) is 2. The summed E-state index contributed by atoms with van der Waals surface area (Å²) in [6.07, 6.45) is 10.7. The van der Waals surface area contributed by atoms with E-state index < -0.39 is 0 Å². The highest BCUT2D eigenvalue weighted by molar-refractivity contribution is 7.09. The minimum atomic E-state index is -0.314. The summed E-state index contributed by atoms with van der Waals surface area (Å²) in [4.78, 5) is 29.8. The third-order valence-electron chi connectivity index (χ3n) is 6.43. The van der Waals surface area contributed by atoms with Gasteiger partial charge in [-0.05, 0) is 81.9 Å². The van der Waals surface area contributed by atoms with Crippen LogP contribution in [0.15, 0.2) is 46.9 Å². The Bertz CT molecular complexity index is 1080. The fourth-order valence-corrected chi connectivity index (χ4v) is 5.24. The topological polar surface area (TPSA) is 77.5 Å². The van der Waals surface area contributed by atoms with E-state index >= 15 is 0 Å². The lowest BCUT2D eigenvalue weighted by Crippen LogP contribution is -2.34. The number of amides is 1. The number of allylic oxidation sites excluding steroid dienone is 2. The number of benzene rings is 1. The predicted molar refractivity (Wildman–Crippen MR) is 150 cm³/mol. The Morgan fingerprint density at radius 2 is 1.89 bits per heavy atom. The number of esters is 1. The van der Waals surface area contributed by atoms with E-state index in [-0.39, 0.29) is 23.8 Å². The Hall–Kier alpha value is -2.93. The molecule has 0 radical (unpaired) electrons. The van der Waals surface area contributed by atoms with Gasteiger partial charge in [0.2, 0.25) is 5.91 Å². The van der Waals surface area contributed by atoms with Gasteiger partial charge < -0.3 is 14.8 Å². The molecule has 0 unspecified atom stereocenters. The van der Waals surface area contributed by atoms with E-state index in [9.17, 15) is 9.59 Å². The Balaban J connectivity index is 1.75. The van der Waals surface area contributed by atoms with E-state index in [1.54, 1.807) is 31.3 Å². The summed E-state index contributed by atoms with van der Waals surface area (Å²) >= 11 is 1.55. The fourth-order valence-electron chi connectivity index (χ4n) is 4.42.